The van der Waals surface area contributed by atoms with E-state index in [0.717, 1.165) is 17.2 Å². The van der Waals surface area contributed by atoms with Crippen LogP contribution in [0.3, 0.4) is 0 Å². The molecule has 2 unspecified atom stereocenters. The number of rotatable bonds is 3. The normalized spacial score (nSPS) is 24.2. The third kappa shape index (κ3) is 2.93. The Morgan fingerprint density at radius 1 is 1.31 bits per heavy atom. The first-order valence-electron chi connectivity index (χ1n) is 5.55. The summed E-state index contributed by atoms with van der Waals surface area (Å²) in [6.45, 7) is 0. The lowest BCUT2D eigenvalue weighted by Gasteiger charge is -2.12. The van der Waals surface area contributed by atoms with Crippen LogP contribution in [0, 0.1) is 17.2 Å². The second-order valence-corrected chi connectivity index (χ2v) is 5.81. The Balaban J connectivity index is 1.88. The summed E-state index contributed by atoms with van der Waals surface area (Å²) in [6, 6.07) is 10.4. The van der Waals surface area contributed by atoms with Crippen LogP contribution in [0.2, 0.25) is 5.02 Å². The smallest absolute Gasteiger partial charge is 0.0667 e. The van der Waals surface area contributed by atoms with E-state index in [9.17, 15) is 0 Å². The van der Waals surface area contributed by atoms with Crippen molar-refractivity contribution in [3.63, 3.8) is 0 Å². The summed E-state index contributed by atoms with van der Waals surface area (Å²) >= 11 is 7.74. The predicted molar refractivity (Wildman–Crippen MR) is 69.5 cm³/mol. The molecule has 0 spiro atoms. The minimum atomic E-state index is 0.261. The van der Waals surface area contributed by atoms with E-state index in [1.54, 1.807) is 0 Å². The fourth-order valence-electron chi connectivity index (χ4n) is 2.06. The Morgan fingerprint density at radius 3 is 2.75 bits per heavy atom. The number of hydrogen-bond donors (Lipinski definition) is 0. The number of thioether (sulfide) groups is 1. The Labute approximate surface area is 106 Å². The predicted octanol–water partition coefficient (Wildman–Crippen LogP) is 4.27. The molecule has 3 heteroatoms. The van der Waals surface area contributed by atoms with Gasteiger partial charge in [-0.15, -0.1) is 0 Å². The quantitative estimate of drug-likeness (QED) is 0.801. The zero-order valence-electron chi connectivity index (χ0n) is 9.03. The molecule has 2 atom stereocenters. The van der Waals surface area contributed by atoms with E-state index in [2.05, 4.69) is 18.2 Å². The fourth-order valence-corrected chi connectivity index (χ4v) is 3.54. The molecule has 1 aromatic carbocycles. The van der Waals surface area contributed by atoms with Gasteiger partial charge in [0.1, 0.15) is 0 Å². The molecule has 1 nitrogen and oxygen atoms in total. The second-order valence-electron chi connectivity index (χ2n) is 4.14. The third-order valence-corrected chi connectivity index (χ3v) is 4.74. The van der Waals surface area contributed by atoms with Crippen LogP contribution in [-0.2, 0) is 5.75 Å². The third-order valence-electron chi connectivity index (χ3n) is 3.00. The van der Waals surface area contributed by atoms with Crippen molar-refractivity contribution in [1.29, 1.82) is 5.26 Å². The van der Waals surface area contributed by atoms with Crippen molar-refractivity contribution in [2.75, 3.05) is 0 Å². The average molecular weight is 252 g/mol. The molecule has 0 heterocycles. The van der Waals surface area contributed by atoms with Gasteiger partial charge in [-0.2, -0.15) is 17.0 Å². The molecule has 84 valence electrons. The highest BCUT2D eigenvalue weighted by Crippen LogP contribution is 2.36. The highest BCUT2D eigenvalue weighted by atomic mass is 35.5. The van der Waals surface area contributed by atoms with Crippen molar-refractivity contribution in [1.82, 2.24) is 0 Å². The van der Waals surface area contributed by atoms with E-state index >= 15 is 0 Å². The van der Waals surface area contributed by atoms with Crippen molar-refractivity contribution < 1.29 is 0 Å². The summed E-state index contributed by atoms with van der Waals surface area (Å²) in [5.41, 5.74) is 1.29. The van der Waals surface area contributed by atoms with Crippen LogP contribution in [0.15, 0.2) is 24.3 Å². The van der Waals surface area contributed by atoms with Crippen LogP contribution >= 0.6 is 23.4 Å². The van der Waals surface area contributed by atoms with E-state index in [-0.39, 0.29) is 5.92 Å². The van der Waals surface area contributed by atoms with E-state index in [1.165, 1.54) is 18.4 Å². The summed E-state index contributed by atoms with van der Waals surface area (Å²) in [7, 11) is 0. The minimum Gasteiger partial charge on any atom is -0.198 e. The molecular weight excluding hydrogens is 238 g/mol. The van der Waals surface area contributed by atoms with E-state index in [4.69, 9.17) is 16.9 Å². The van der Waals surface area contributed by atoms with Crippen molar-refractivity contribution in [3.05, 3.63) is 34.9 Å². The van der Waals surface area contributed by atoms with E-state index in [0.29, 0.717) is 5.25 Å². The molecule has 0 saturated heterocycles. The first kappa shape index (κ1) is 11.8. The topological polar surface area (TPSA) is 23.8 Å². The minimum absolute atomic E-state index is 0.261. The summed E-state index contributed by atoms with van der Waals surface area (Å²) in [5.74, 6) is 1.25. The second kappa shape index (κ2) is 5.61. The van der Waals surface area contributed by atoms with Gasteiger partial charge in [0.05, 0.1) is 12.0 Å². The average Bonchev–Trinajstić information content (AvgIpc) is 2.76. The molecule has 0 radical (unpaired) electrons. The number of nitriles is 1. The van der Waals surface area contributed by atoms with Gasteiger partial charge in [-0.3, -0.25) is 0 Å². The van der Waals surface area contributed by atoms with Crippen molar-refractivity contribution >= 4 is 23.4 Å². The van der Waals surface area contributed by atoms with Gasteiger partial charge in [-0.1, -0.05) is 30.2 Å². The Morgan fingerprint density at radius 2 is 2.06 bits per heavy atom. The monoisotopic (exact) mass is 251 g/mol. The maximum absolute atomic E-state index is 8.99. The first-order valence-corrected chi connectivity index (χ1v) is 6.98. The van der Waals surface area contributed by atoms with Gasteiger partial charge in [0, 0.05) is 16.0 Å². The Bertz CT molecular complexity index is 382. The van der Waals surface area contributed by atoms with Crippen LogP contribution in [0.25, 0.3) is 0 Å². The SMILES string of the molecule is N#CC1CCCC1SCc1ccc(Cl)cc1. The molecule has 1 saturated carbocycles. The zero-order valence-corrected chi connectivity index (χ0v) is 10.6. The van der Waals surface area contributed by atoms with Crippen LogP contribution in [0.5, 0.6) is 0 Å². The van der Waals surface area contributed by atoms with Gasteiger partial charge >= 0.3 is 0 Å². The Hall–Kier alpha value is -0.650. The van der Waals surface area contributed by atoms with Crippen LogP contribution in [0.1, 0.15) is 24.8 Å². The largest absolute Gasteiger partial charge is 0.198 e. The van der Waals surface area contributed by atoms with Crippen LogP contribution in [-0.4, -0.2) is 5.25 Å². The summed E-state index contributed by atoms with van der Waals surface area (Å²) in [4.78, 5) is 0. The maximum Gasteiger partial charge on any atom is 0.0667 e. The molecule has 0 N–H and O–H groups in total. The molecule has 1 aliphatic carbocycles. The lowest BCUT2D eigenvalue weighted by atomic mass is 10.1. The highest BCUT2D eigenvalue weighted by Gasteiger charge is 2.27. The van der Waals surface area contributed by atoms with E-state index < -0.39 is 0 Å². The van der Waals surface area contributed by atoms with Crippen LogP contribution < -0.4 is 0 Å². The molecule has 0 aliphatic heterocycles. The molecule has 16 heavy (non-hydrogen) atoms. The number of nitrogens with zero attached hydrogens (tertiary/aromatic N) is 1. The standard InChI is InChI=1S/C13H14ClNS/c14-12-6-4-10(5-7-12)9-16-13-3-1-2-11(13)8-15/h4-7,11,13H,1-3,9H2. The number of hydrogen-bond acceptors (Lipinski definition) is 2. The molecular formula is C13H14ClNS. The fraction of sp³-hybridized carbons (Fsp3) is 0.462. The summed E-state index contributed by atoms with van der Waals surface area (Å²) in [5, 5.41) is 10.3. The number of benzene rings is 1. The van der Waals surface area contributed by atoms with E-state index in [1.807, 2.05) is 23.9 Å². The van der Waals surface area contributed by atoms with Gasteiger partial charge in [-0.05, 0) is 30.5 Å². The maximum atomic E-state index is 8.99. The Kier molecular flexibility index (Phi) is 4.15. The molecule has 0 bridgehead atoms. The molecule has 2 rings (SSSR count). The van der Waals surface area contributed by atoms with Gasteiger partial charge in [-0.25, -0.2) is 0 Å². The molecule has 0 aromatic heterocycles. The highest BCUT2D eigenvalue weighted by molar-refractivity contribution is 7.99. The van der Waals surface area contributed by atoms with Crippen LogP contribution in [0.4, 0.5) is 0 Å². The van der Waals surface area contributed by atoms with Crippen molar-refractivity contribution in [2.45, 2.75) is 30.3 Å². The summed E-state index contributed by atoms with van der Waals surface area (Å²) in [6.07, 6.45) is 3.47. The van der Waals surface area contributed by atoms with Crippen molar-refractivity contribution in [3.8, 4) is 6.07 Å². The van der Waals surface area contributed by atoms with Gasteiger partial charge in [0.15, 0.2) is 0 Å². The number of halogens is 1. The van der Waals surface area contributed by atoms with Gasteiger partial charge in [0.2, 0.25) is 0 Å². The van der Waals surface area contributed by atoms with Gasteiger partial charge < -0.3 is 0 Å². The van der Waals surface area contributed by atoms with Crippen molar-refractivity contribution in [2.24, 2.45) is 5.92 Å². The molecule has 1 aromatic rings. The molecule has 0 amide bonds. The lowest BCUT2D eigenvalue weighted by molar-refractivity contribution is 0.714. The molecule has 1 aliphatic rings. The molecule has 1 fully saturated rings. The zero-order chi connectivity index (χ0) is 11.4. The van der Waals surface area contributed by atoms with Gasteiger partial charge in [0.25, 0.3) is 0 Å². The lowest BCUT2D eigenvalue weighted by Crippen LogP contribution is -2.07. The summed E-state index contributed by atoms with van der Waals surface area (Å²) < 4.78 is 0. The first-order chi connectivity index (χ1) is 7.79.